The third kappa shape index (κ3) is 7.31. The van der Waals surface area contributed by atoms with E-state index in [4.69, 9.17) is 9.47 Å². The molecule has 0 atom stereocenters. The second kappa shape index (κ2) is 13.0. The summed E-state index contributed by atoms with van der Waals surface area (Å²) in [6.07, 6.45) is 4.85. The second-order valence-electron chi connectivity index (χ2n) is 10.2. The van der Waals surface area contributed by atoms with Crippen LogP contribution in [-0.4, -0.2) is 40.0 Å². The number of ether oxygens (including phenoxy) is 2. The van der Waals surface area contributed by atoms with Crippen LogP contribution in [0.25, 0.3) is 0 Å². The molecular weight excluding hydrogens is 534 g/mol. The second-order valence-corrected chi connectivity index (χ2v) is 10.2. The molecule has 0 radical (unpaired) electrons. The Morgan fingerprint density at radius 3 is 2.12 bits per heavy atom. The molecule has 1 fully saturated rings. The van der Waals surface area contributed by atoms with Gasteiger partial charge in [-0.15, -0.1) is 0 Å². The third-order valence-electron chi connectivity index (χ3n) is 7.08. The normalized spacial score (nSPS) is 16.2. The van der Waals surface area contributed by atoms with E-state index in [-0.39, 0.29) is 34.9 Å². The number of nitrogens with zero attached hydrogens (tertiary/aromatic N) is 1. The number of carbonyl (C=O) groups excluding carboxylic acids is 2. The summed E-state index contributed by atoms with van der Waals surface area (Å²) in [5.41, 5.74) is 2.27. The van der Waals surface area contributed by atoms with Gasteiger partial charge in [0.2, 0.25) is 5.88 Å². The summed E-state index contributed by atoms with van der Waals surface area (Å²) in [6.45, 7) is 2.00. The van der Waals surface area contributed by atoms with Gasteiger partial charge in [0.15, 0.2) is 0 Å². The lowest BCUT2D eigenvalue weighted by molar-refractivity contribution is 0.0697. The Kier molecular flexibility index (Phi) is 8.77. The summed E-state index contributed by atoms with van der Waals surface area (Å²) in [4.78, 5) is 40.7. The number of para-hydroxylation sites is 1. The minimum atomic E-state index is -1.13. The van der Waals surface area contributed by atoms with Crippen LogP contribution >= 0.6 is 0 Å². The molecule has 0 spiro atoms. The monoisotopic (exact) mass is 565 g/mol. The number of aromatic nitrogens is 1. The summed E-state index contributed by atoms with van der Waals surface area (Å²) >= 11 is 0. The summed E-state index contributed by atoms with van der Waals surface area (Å²) in [5, 5.41) is 15.0. The SMILES string of the molecule is Cc1ccc(C(=O)NC2CCC(Oc3ccc(Oc4ccc(C(=O)Nc5ccccc5C(=O)O)cn4)cc3)CC2)cc1. The van der Waals surface area contributed by atoms with Crippen molar-refractivity contribution in [2.75, 3.05) is 5.32 Å². The maximum atomic E-state index is 12.6. The number of amides is 2. The molecule has 0 aliphatic heterocycles. The molecule has 0 unspecified atom stereocenters. The number of hydrogen-bond acceptors (Lipinski definition) is 6. The van der Waals surface area contributed by atoms with Crippen LogP contribution in [0.3, 0.4) is 0 Å². The van der Waals surface area contributed by atoms with Gasteiger partial charge < -0.3 is 25.2 Å². The molecule has 0 saturated heterocycles. The standard InChI is InChI=1S/C33H31N3O6/c1-21-6-8-22(9-7-21)31(37)35-24-11-13-25(14-12-24)41-26-15-17-27(18-16-26)42-30-19-10-23(20-34-30)32(38)36-29-5-3-2-4-28(29)33(39)40/h2-10,15-20,24-25H,11-14H2,1H3,(H,35,37)(H,36,38)(H,39,40). The quantitative estimate of drug-likeness (QED) is 0.219. The molecule has 214 valence electrons. The number of hydrogen-bond donors (Lipinski definition) is 3. The zero-order valence-corrected chi connectivity index (χ0v) is 23.1. The molecule has 42 heavy (non-hydrogen) atoms. The fraction of sp³-hybridized carbons (Fsp3) is 0.212. The fourth-order valence-electron chi connectivity index (χ4n) is 4.75. The van der Waals surface area contributed by atoms with E-state index in [1.807, 2.05) is 43.3 Å². The van der Waals surface area contributed by atoms with E-state index in [2.05, 4.69) is 15.6 Å². The van der Waals surface area contributed by atoms with Gasteiger partial charge in [-0.3, -0.25) is 9.59 Å². The maximum absolute atomic E-state index is 12.6. The molecule has 1 aliphatic carbocycles. The van der Waals surface area contributed by atoms with Crippen molar-refractivity contribution in [1.29, 1.82) is 0 Å². The molecule has 9 heteroatoms. The molecule has 3 N–H and O–H groups in total. The Morgan fingerprint density at radius 2 is 1.45 bits per heavy atom. The van der Waals surface area contributed by atoms with E-state index in [0.29, 0.717) is 17.2 Å². The Bertz CT molecular complexity index is 1540. The van der Waals surface area contributed by atoms with Crippen molar-refractivity contribution in [3.05, 3.63) is 113 Å². The van der Waals surface area contributed by atoms with Crippen molar-refractivity contribution >= 4 is 23.5 Å². The summed E-state index contributed by atoms with van der Waals surface area (Å²) in [5.74, 6) is -0.0508. The number of rotatable bonds is 9. The van der Waals surface area contributed by atoms with Crippen LogP contribution in [0, 0.1) is 6.92 Å². The van der Waals surface area contributed by atoms with Crippen LogP contribution in [0.2, 0.25) is 0 Å². The Morgan fingerprint density at radius 1 is 0.786 bits per heavy atom. The first-order chi connectivity index (χ1) is 20.3. The van der Waals surface area contributed by atoms with E-state index in [9.17, 15) is 19.5 Å². The summed E-state index contributed by atoms with van der Waals surface area (Å²) in [7, 11) is 0. The third-order valence-corrected chi connectivity index (χ3v) is 7.08. The van der Waals surface area contributed by atoms with Crippen LogP contribution in [-0.2, 0) is 0 Å². The van der Waals surface area contributed by atoms with Crippen molar-refractivity contribution in [1.82, 2.24) is 10.3 Å². The maximum Gasteiger partial charge on any atom is 0.337 e. The minimum absolute atomic E-state index is 0.00116. The van der Waals surface area contributed by atoms with Crippen LogP contribution in [0.1, 0.15) is 62.3 Å². The number of aryl methyl sites for hydroxylation is 1. The molecule has 1 saturated carbocycles. The highest BCUT2D eigenvalue weighted by Crippen LogP contribution is 2.27. The van der Waals surface area contributed by atoms with Crippen LogP contribution in [0.15, 0.2) is 91.1 Å². The van der Waals surface area contributed by atoms with Crippen molar-refractivity contribution in [2.45, 2.75) is 44.8 Å². The van der Waals surface area contributed by atoms with Crippen molar-refractivity contribution in [3.63, 3.8) is 0 Å². The Hall–Kier alpha value is -5.18. The molecular formula is C33H31N3O6. The van der Waals surface area contributed by atoms with E-state index in [1.165, 1.54) is 18.3 Å². The highest BCUT2D eigenvalue weighted by molar-refractivity contribution is 6.07. The first-order valence-electron chi connectivity index (χ1n) is 13.8. The first-order valence-corrected chi connectivity index (χ1v) is 13.8. The van der Waals surface area contributed by atoms with Crippen molar-refractivity contribution in [2.24, 2.45) is 0 Å². The van der Waals surface area contributed by atoms with Gasteiger partial charge in [0, 0.05) is 23.9 Å². The number of anilines is 1. The Labute approximate surface area is 243 Å². The Balaban J connectivity index is 1.08. The molecule has 3 aromatic carbocycles. The van der Waals surface area contributed by atoms with Gasteiger partial charge in [0.1, 0.15) is 11.5 Å². The largest absolute Gasteiger partial charge is 0.490 e. The highest BCUT2D eigenvalue weighted by Gasteiger charge is 2.24. The topological polar surface area (TPSA) is 127 Å². The van der Waals surface area contributed by atoms with Crippen molar-refractivity contribution in [3.8, 4) is 17.4 Å². The lowest BCUT2D eigenvalue weighted by Crippen LogP contribution is -2.39. The van der Waals surface area contributed by atoms with Gasteiger partial charge in [-0.1, -0.05) is 29.8 Å². The lowest BCUT2D eigenvalue weighted by Gasteiger charge is -2.29. The van der Waals surface area contributed by atoms with E-state index in [0.717, 1.165) is 37.0 Å². The van der Waals surface area contributed by atoms with Gasteiger partial charge in [0.05, 0.1) is 22.9 Å². The van der Waals surface area contributed by atoms with Crippen molar-refractivity contribution < 1.29 is 29.0 Å². The molecule has 1 aromatic heterocycles. The van der Waals surface area contributed by atoms with E-state index < -0.39 is 11.9 Å². The van der Waals surface area contributed by atoms with Crippen LogP contribution in [0.5, 0.6) is 17.4 Å². The average Bonchev–Trinajstić information content (AvgIpc) is 3.00. The smallest absolute Gasteiger partial charge is 0.337 e. The minimum Gasteiger partial charge on any atom is -0.490 e. The predicted octanol–water partition coefficient (Wildman–Crippen LogP) is 6.25. The molecule has 4 aromatic rings. The van der Waals surface area contributed by atoms with Crippen LogP contribution < -0.4 is 20.1 Å². The molecule has 1 heterocycles. The van der Waals surface area contributed by atoms with Gasteiger partial charge in [-0.2, -0.15) is 0 Å². The van der Waals surface area contributed by atoms with Gasteiger partial charge in [0.25, 0.3) is 11.8 Å². The fourth-order valence-corrected chi connectivity index (χ4v) is 4.75. The molecule has 0 bridgehead atoms. The summed E-state index contributed by atoms with van der Waals surface area (Å²) < 4.78 is 12.0. The average molecular weight is 566 g/mol. The highest BCUT2D eigenvalue weighted by atomic mass is 16.5. The summed E-state index contributed by atoms with van der Waals surface area (Å²) in [6, 6.07) is 24.3. The zero-order chi connectivity index (χ0) is 29.5. The number of carboxylic acids is 1. The first kappa shape index (κ1) is 28.4. The lowest BCUT2D eigenvalue weighted by atomic mass is 9.92. The zero-order valence-electron chi connectivity index (χ0n) is 23.1. The van der Waals surface area contributed by atoms with E-state index >= 15 is 0 Å². The van der Waals surface area contributed by atoms with Gasteiger partial charge >= 0.3 is 5.97 Å². The van der Waals surface area contributed by atoms with Crippen LogP contribution in [0.4, 0.5) is 5.69 Å². The molecule has 2 amide bonds. The molecule has 1 aliphatic rings. The van der Waals surface area contributed by atoms with Gasteiger partial charge in [-0.05, 0) is 87.2 Å². The van der Waals surface area contributed by atoms with Gasteiger partial charge in [-0.25, -0.2) is 9.78 Å². The molecule has 9 nitrogen and oxygen atoms in total. The number of benzene rings is 3. The number of pyridine rings is 1. The molecule has 5 rings (SSSR count). The number of carbonyl (C=O) groups is 3. The predicted molar refractivity (Wildman–Crippen MR) is 157 cm³/mol. The number of nitrogens with one attached hydrogen (secondary N) is 2. The van der Waals surface area contributed by atoms with E-state index in [1.54, 1.807) is 36.4 Å². The number of aromatic carboxylic acids is 1. The number of carboxylic acid groups (broad SMARTS) is 1.